The lowest BCUT2D eigenvalue weighted by atomic mass is 9.93. The van der Waals surface area contributed by atoms with Crippen LogP contribution in [0, 0.1) is 23.1 Å². The number of halogens is 1. The van der Waals surface area contributed by atoms with Crippen molar-refractivity contribution in [2.75, 3.05) is 13.1 Å². The molecule has 6 rings (SSSR count). The van der Waals surface area contributed by atoms with E-state index in [1.807, 2.05) is 43.7 Å². The van der Waals surface area contributed by atoms with Crippen LogP contribution in [0.4, 0.5) is 4.39 Å². The van der Waals surface area contributed by atoms with Gasteiger partial charge in [-0.25, -0.2) is 9.37 Å². The largest absolute Gasteiger partial charge is 0.332 e. The zero-order valence-electron chi connectivity index (χ0n) is 18.8. The number of nitrogens with one attached hydrogen (secondary N) is 1. The molecule has 1 unspecified atom stereocenters. The fourth-order valence-electron chi connectivity index (χ4n) is 5.04. The van der Waals surface area contributed by atoms with Crippen molar-refractivity contribution < 1.29 is 4.39 Å². The Morgan fingerprint density at radius 1 is 1.18 bits per heavy atom. The number of fused-ring (bicyclic) bond motifs is 2. The van der Waals surface area contributed by atoms with Crippen LogP contribution in [-0.4, -0.2) is 32.4 Å². The van der Waals surface area contributed by atoms with Gasteiger partial charge < -0.3 is 9.88 Å². The first kappa shape index (κ1) is 20.6. The van der Waals surface area contributed by atoms with Gasteiger partial charge in [-0.15, -0.1) is 0 Å². The Kier molecular flexibility index (Phi) is 4.89. The molecule has 1 fully saturated rings. The molecule has 7 heteroatoms. The first-order valence-corrected chi connectivity index (χ1v) is 11.4. The van der Waals surface area contributed by atoms with Crippen molar-refractivity contribution in [1.82, 2.24) is 24.6 Å². The van der Waals surface area contributed by atoms with E-state index in [4.69, 9.17) is 4.98 Å². The predicted octanol–water partition coefficient (Wildman–Crippen LogP) is 4.88. The Morgan fingerprint density at radius 3 is 2.85 bits per heavy atom. The minimum atomic E-state index is -0.518. The van der Waals surface area contributed by atoms with Crippen LogP contribution in [0.3, 0.4) is 0 Å². The van der Waals surface area contributed by atoms with Gasteiger partial charge in [0.1, 0.15) is 17.5 Å². The second kappa shape index (κ2) is 8.08. The number of benzene rings is 2. The molecule has 0 radical (unpaired) electrons. The average molecular weight is 451 g/mol. The molecule has 1 atom stereocenters. The van der Waals surface area contributed by atoms with Crippen LogP contribution in [0.15, 0.2) is 61.1 Å². The standard InChI is InChI=1S/C27H23FN6/c1-33-16-21-10-18(4-5-25(21)32-33)23-14-31-27-22(7-9-34(27)15-17-6-8-30-13-17)26(23)19-2-3-20(12-29)24(28)11-19/h2-5,7,9-11,14,16-17,30H,6,8,13,15H2,1H3. The summed E-state index contributed by atoms with van der Waals surface area (Å²) in [6.07, 6.45) is 7.09. The molecule has 6 nitrogen and oxygen atoms in total. The quantitative estimate of drug-likeness (QED) is 0.424. The highest BCUT2D eigenvalue weighted by molar-refractivity contribution is 6.02. The van der Waals surface area contributed by atoms with Gasteiger partial charge in [-0.2, -0.15) is 10.4 Å². The monoisotopic (exact) mass is 450 g/mol. The number of nitriles is 1. The van der Waals surface area contributed by atoms with Gasteiger partial charge in [-0.05, 0) is 66.9 Å². The second-order valence-electron chi connectivity index (χ2n) is 8.99. The van der Waals surface area contributed by atoms with E-state index in [1.165, 1.54) is 6.07 Å². The highest BCUT2D eigenvalue weighted by Crippen LogP contribution is 2.39. The van der Waals surface area contributed by atoms with Gasteiger partial charge in [0, 0.05) is 54.1 Å². The van der Waals surface area contributed by atoms with Crippen molar-refractivity contribution in [3.63, 3.8) is 0 Å². The topological polar surface area (TPSA) is 71.5 Å². The summed E-state index contributed by atoms with van der Waals surface area (Å²) in [5.74, 6) is 0.0518. The molecule has 0 amide bonds. The molecule has 1 saturated heterocycles. The summed E-state index contributed by atoms with van der Waals surface area (Å²) in [6, 6.07) is 14.9. The van der Waals surface area contributed by atoms with Crippen molar-refractivity contribution in [3.05, 3.63) is 72.4 Å². The second-order valence-corrected chi connectivity index (χ2v) is 8.99. The Bertz CT molecular complexity index is 1580. The Morgan fingerprint density at radius 2 is 2.06 bits per heavy atom. The Hall–Kier alpha value is -4.02. The number of nitrogens with zero attached hydrogens (tertiary/aromatic N) is 5. The fraction of sp³-hybridized carbons (Fsp3) is 0.222. The van der Waals surface area contributed by atoms with Gasteiger partial charge in [-0.1, -0.05) is 12.1 Å². The molecule has 2 aromatic carbocycles. The predicted molar refractivity (Wildman–Crippen MR) is 131 cm³/mol. The zero-order chi connectivity index (χ0) is 23.2. The number of hydrogen-bond donors (Lipinski definition) is 1. The third kappa shape index (κ3) is 3.44. The molecule has 4 heterocycles. The molecule has 0 spiro atoms. The first-order valence-electron chi connectivity index (χ1n) is 11.4. The molecule has 0 saturated carbocycles. The lowest BCUT2D eigenvalue weighted by molar-refractivity contribution is 0.489. The highest BCUT2D eigenvalue weighted by atomic mass is 19.1. The number of hydrogen-bond acceptors (Lipinski definition) is 4. The molecule has 168 valence electrons. The van der Waals surface area contributed by atoms with E-state index in [1.54, 1.807) is 10.7 Å². The zero-order valence-corrected chi connectivity index (χ0v) is 18.8. The maximum absolute atomic E-state index is 14.7. The van der Waals surface area contributed by atoms with Crippen LogP contribution in [-0.2, 0) is 13.6 Å². The van der Waals surface area contributed by atoms with E-state index >= 15 is 0 Å². The number of pyridine rings is 1. The third-order valence-corrected chi connectivity index (χ3v) is 6.71. The van der Waals surface area contributed by atoms with E-state index in [9.17, 15) is 9.65 Å². The van der Waals surface area contributed by atoms with Crippen molar-refractivity contribution in [3.8, 4) is 28.3 Å². The summed E-state index contributed by atoms with van der Waals surface area (Å²) in [7, 11) is 1.90. The van der Waals surface area contributed by atoms with Crippen LogP contribution in [0.2, 0.25) is 0 Å². The molecular formula is C27H23FN6. The van der Waals surface area contributed by atoms with Gasteiger partial charge in [0.05, 0.1) is 11.1 Å². The Balaban J connectivity index is 1.56. The maximum Gasteiger partial charge on any atom is 0.141 e. The molecule has 5 aromatic rings. The molecule has 0 bridgehead atoms. The normalized spacial score (nSPS) is 15.9. The maximum atomic E-state index is 14.7. The minimum Gasteiger partial charge on any atom is -0.332 e. The summed E-state index contributed by atoms with van der Waals surface area (Å²) in [5, 5.41) is 19.1. The summed E-state index contributed by atoms with van der Waals surface area (Å²) in [4.78, 5) is 4.86. The van der Waals surface area contributed by atoms with Crippen molar-refractivity contribution in [1.29, 1.82) is 5.26 Å². The van der Waals surface area contributed by atoms with Crippen molar-refractivity contribution in [2.45, 2.75) is 13.0 Å². The fourth-order valence-corrected chi connectivity index (χ4v) is 5.04. The Labute approximate surface area is 196 Å². The lowest BCUT2D eigenvalue weighted by Crippen LogP contribution is -2.14. The molecular weight excluding hydrogens is 427 g/mol. The molecule has 1 aliphatic heterocycles. The van der Waals surface area contributed by atoms with Crippen molar-refractivity contribution >= 4 is 21.9 Å². The van der Waals surface area contributed by atoms with E-state index in [-0.39, 0.29) is 5.56 Å². The van der Waals surface area contributed by atoms with Gasteiger partial charge in [0.2, 0.25) is 0 Å². The summed E-state index contributed by atoms with van der Waals surface area (Å²) in [6.45, 7) is 2.95. The summed E-state index contributed by atoms with van der Waals surface area (Å²) < 4.78 is 18.7. The SMILES string of the molecule is Cn1cc2cc(-c3cnc4c(ccn4CC4CCNC4)c3-c3ccc(C#N)c(F)c3)ccc2n1. The third-order valence-electron chi connectivity index (χ3n) is 6.71. The number of aryl methyl sites for hydroxylation is 1. The van der Waals surface area contributed by atoms with Gasteiger partial charge in [0.25, 0.3) is 0 Å². The average Bonchev–Trinajstić information content (AvgIpc) is 3.58. The van der Waals surface area contributed by atoms with Crippen LogP contribution >= 0.6 is 0 Å². The van der Waals surface area contributed by atoms with Crippen LogP contribution < -0.4 is 5.32 Å². The van der Waals surface area contributed by atoms with Gasteiger partial charge >= 0.3 is 0 Å². The van der Waals surface area contributed by atoms with E-state index in [0.717, 1.165) is 70.2 Å². The van der Waals surface area contributed by atoms with Gasteiger partial charge in [-0.3, -0.25) is 4.68 Å². The lowest BCUT2D eigenvalue weighted by Gasteiger charge is -2.14. The first-order chi connectivity index (χ1) is 16.6. The number of rotatable bonds is 4. The highest BCUT2D eigenvalue weighted by Gasteiger charge is 2.20. The van der Waals surface area contributed by atoms with Crippen LogP contribution in [0.1, 0.15) is 12.0 Å². The molecule has 34 heavy (non-hydrogen) atoms. The minimum absolute atomic E-state index is 0.0404. The molecule has 1 N–H and O–H groups in total. The van der Waals surface area contributed by atoms with E-state index in [0.29, 0.717) is 5.92 Å². The van der Waals surface area contributed by atoms with Crippen molar-refractivity contribution in [2.24, 2.45) is 13.0 Å². The molecule has 1 aliphatic rings. The van der Waals surface area contributed by atoms with E-state index < -0.39 is 5.82 Å². The number of aromatic nitrogens is 4. The summed E-state index contributed by atoms with van der Waals surface area (Å²) in [5.41, 5.74) is 5.40. The molecule has 3 aromatic heterocycles. The smallest absolute Gasteiger partial charge is 0.141 e. The van der Waals surface area contributed by atoms with E-state index in [2.05, 4.69) is 33.3 Å². The van der Waals surface area contributed by atoms with Crippen LogP contribution in [0.5, 0.6) is 0 Å². The van der Waals surface area contributed by atoms with Crippen LogP contribution in [0.25, 0.3) is 44.2 Å². The summed E-state index contributed by atoms with van der Waals surface area (Å²) >= 11 is 0. The van der Waals surface area contributed by atoms with Gasteiger partial charge in [0.15, 0.2) is 0 Å². The molecule has 0 aliphatic carbocycles.